The molecule has 0 bridgehead atoms. The Hall–Kier alpha value is -2.20. The highest BCUT2D eigenvalue weighted by molar-refractivity contribution is 5.51. The molecule has 0 aliphatic heterocycles. The van der Waals surface area contributed by atoms with Crippen molar-refractivity contribution < 1.29 is 14.6 Å². The van der Waals surface area contributed by atoms with Crippen molar-refractivity contribution >= 4 is 5.69 Å². The van der Waals surface area contributed by atoms with Crippen LogP contribution in [0, 0.1) is 6.92 Å². The molecule has 0 fully saturated rings. The number of aliphatic hydroxyl groups excluding tert-OH is 1. The fourth-order valence-corrected chi connectivity index (χ4v) is 2.04. The van der Waals surface area contributed by atoms with Crippen LogP contribution in [0.1, 0.15) is 22.8 Å². The Labute approximate surface area is 118 Å². The molecule has 3 N–H and O–H groups in total. The van der Waals surface area contributed by atoms with E-state index >= 15 is 0 Å². The fraction of sp³-hybridized carbons (Fsp3) is 0.250. The van der Waals surface area contributed by atoms with Gasteiger partial charge in [0.2, 0.25) is 0 Å². The molecule has 0 heterocycles. The van der Waals surface area contributed by atoms with Gasteiger partial charge in [-0.3, -0.25) is 0 Å². The molecule has 2 rings (SSSR count). The van der Waals surface area contributed by atoms with E-state index in [0.717, 1.165) is 16.7 Å². The average Bonchev–Trinajstić information content (AvgIpc) is 2.48. The second-order valence-corrected chi connectivity index (χ2v) is 4.63. The summed E-state index contributed by atoms with van der Waals surface area (Å²) in [5.41, 5.74) is 9.02. The van der Waals surface area contributed by atoms with Crippen molar-refractivity contribution in [3.63, 3.8) is 0 Å². The Balaban J connectivity index is 2.37. The summed E-state index contributed by atoms with van der Waals surface area (Å²) in [4.78, 5) is 0. The highest BCUT2D eigenvalue weighted by Gasteiger charge is 2.14. The number of ether oxygens (including phenoxy) is 2. The maximum Gasteiger partial charge on any atom is 0.161 e. The number of hydrogen-bond donors (Lipinski definition) is 2. The molecule has 0 aliphatic rings. The van der Waals surface area contributed by atoms with Crippen molar-refractivity contribution in [2.24, 2.45) is 0 Å². The van der Waals surface area contributed by atoms with Crippen molar-refractivity contribution in [3.05, 3.63) is 53.1 Å². The Bertz CT molecular complexity index is 611. The van der Waals surface area contributed by atoms with Gasteiger partial charge in [0.15, 0.2) is 11.5 Å². The zero-order chi connectivity index (χ0) is 14.7. The molecule has 0 radical (unpaired) electrons. The lowest BCUT2D eigenvalue weighted by Gasteiger charge is -2.15. The van der Waals surface area contributed by atoms with Crippen molar-refractivity contribution in [1.82, 2.24) is 0 Å². The maximum atomic E-state index is 10.4. The predicted octanol–water partition coefficient (Wildman–Crippen LogP) is 2.68. The van der Waals surface area contributed by atoms with Crippen LogP contribution in [0.4, 0.5) is 5.69 Å². The van der Waals surface area contributed by atoms with Crippen molar-refractivity contribution in [3.8, 4) is 11.5 Å². The summed E-state index contributed by atoms with van der Waals surface area (Å²) in [6.45, 7) is 1.93. The Morgan fingerprint density at radius 1 is 0.950 bits per heavy atom. The van der Waals surface area contributed by atoms with Crippen molar-refractivity contribution in [1.29, 1.82) is 0 Å². The van der Waals surface area contributed by atoms with Crippen LogP contribution in [-0.2, 0) is 0 Å². The highest BCUT2D eigenvalue weighted by atomic mass is 16.5. The van der Waals surface area contributed by atoms with Gasteiger partial charge in [0.05, 0.1) is 14.2 Å². The molecule has 0 saturated carbocycles. The molecule has 2 aromatic carbocycles. The van der Waals surface area contributed by atoms with Gasteiger partial charge in [-0.1, -0.05) is 18.2 Å². The first-order chi connectivity index (χ1) is 9.56. The molecule has 4 nitrogen and oxygen atoms in total. The van der Waals surface area contributed by atoms with E-state index in [9.17, 15) is 5.11 Å². The van der Waals surface area contributed by atoms with Crippen molar-refractivity contribution in [2.75, 3.05) is 20.0 Å². The van der Waals surface area contributed by atoms with E-state index in [1.165, 1.54) is 0 Å². The summed E-state index contributed by atoms with van der Waals surface area (Å²) < 4.78 is 10.4. The van der Waals surface area contributed by atoms with E-state index in [2.05, 4.69) is 0 Å². The second kappa shape index (κ2) is 5.84. The van der Waals surface area contributed by atoms with Crippen LogP contribution in [0.25, 0.3) is 0 Å². The molecule has 0 unspecified atom stereocenters. The molecule has 1 atom stereocenters. The SMILES string of the molecule is COc1ccc([C@@H](O)c2ccc(C)c(N)c2)cc1OC. The number of benzene rings is 2. The minimum atomic E-state index is -0.752. The number of aliphatic hydroxyl groups is 1. The first-order valence-electron chi connectivity index (χ1n) is 6.33. The second-order valence-electron chi connectivity index (χ2n) is 4.63. The number of aryl methyl sites for hydroxylation is 1. The standard InChI is InChI=1S/C16H19NO3/c1-10-4-5-11(8-13(10)17)16(18)12-6-7-14(19-2)15(9-12)20-3/h4-9,16,18H,17H2,1-3H3/t16-/m0/s1. The van der Waals surface area contributed by atoms with Crippen LogP contribution >= 0.6 is 0 Å². The highest BCUT2D eigenvalue weighted by Crippen LogP contribution is 2.32. The largest absolute Gasteiger partial charge is 0.493 e. The van der Waals surface area contributed by atoms with Crippen LogP contribution in [0.2, 0.25) is 0 Å². The summed E-state index contributed by atoms with van der Waals surface area (Å²) >= 11 is 0. The fourth-order valence-electron chi connectivity index (χ4n) is 2.04. The maximum absolute atomic E-state index is 10.4. The molecule has 0 spiro atoms. The number of rotatable bonds is 4. The lowest BCUT2D eigenvalue weighted by atomic mass is 9.99. The zero-order valence-electron chi connectivity index (χ0n) is 11.9. The van der Waals surface area contributed by atoms with Crippen LogP contribution < -0.4 is 15.2 Å². The topological polar surface area (TPSA) is 64.7 Å². The summed E-state index contributed by atoms with van der Waals surface area (Å²) in [6.07, 6.45) is -0.752. The number of nitrogens with two attached hydrogens (primary N) is 1. The molecule has 0 saturated heterocycles. The smallest absolute Gasteiger partial charge is 0.161 e. The molecular formula is C16H19NO3. The summed E-state index contributed by atoms with van der Waals surface area (Å²) in [6, 6.07) is 10.9. The average molecular weight is 273 g/mol. The molecule has 4 heteroatoms. The van der Waals surface area contributed by atoms with E-state index in [0.29, 0.717) is 17.2 Å². The summed E-state index contributed by atoms with van der Waals surface area (Å²) in [5.74, 6) is 1.22. The van der Waals surface area contributed by atoms with Crippen LogP contribution in [0.5, 0.6) is 11.5 Å². The third kappa shape index (κ3) is 2.70. The Morgan fingerprint density at radius 3 is 2.15 bits per heavy atom. The van der Waals surface area contributed by atoms with Crippen LogP contribution in [-0.4, -0.2) is 19.3 Å². The van der Waals surface area contributed by atoms with E-state index < -0.39 is 6.10 Å². The zero-order valence-corrected chi connectivity index (χ0v) is 11.9. The first-order valence-corrected chi connectivity index (χ1v) is 6.33. The minimum Gasteiger partial charge on any atom is -0.493 e. The van der Waals surface area contributed by atoms with Gasteiger partial charge < -0.3 is 20.3 Å². The van der Waals surface area contributed by atoms with Crippen LogP contribution in [0.3, 0.4) is 0 Å². The molecule has 0 aliphatic carbocycles. The lowest BCUT2D eigenvalue weighted by Crippen LogP contribution is -2.02. The normalized spacial score (nSPS) is 12.0. The van der Waals surface area contributed by atoms with Gasteiger partial charge in [0.25, 0.3) is 0 Å². The predicted molar refractivity (Wildman–Crippen MR) is 79.2 cm³/mol. The number of nitrogen functional groups attached to an aromatic ring is 1. The Kier molecular flexibility index (Phi) is 4.15. The molecule has 106 valence electrons. The molecule has 0 amide bonds. The van der Waals surface area contributed by atoms with E-state index in [4.69, 9.17) is 15.2 Å². The molecule has 20 heavy (non-hydrogen) atoms. The van der Waals surface area contributed by atoms with Gasteiger partial charge >= 0.3 is 0 Å². The van der Waals surface area contributed by atoms with Gasteiger partial charge in [-0.15, -0.1) is 0 Å². The van der Waals surface area contributed by atoms with Gasteiger partial charge in [0, 0.05) is 5.69 Å². The van der Waals surface area contributed by atoms with Crippen molar-refractivity contribution in [2.45, 2.75) is 13.0 Å². The van der Waals surface area contributed by atoms with Crippen LogP contribution in [0.15, 0.2) is 36.4 Å². The quantitative estimate of drug-likeness (QED) is 0.841. The number of methoxy groups -OCH3 is 2. The summed E-state index contributed by atoms with van der Waals surface area (Å²) in [5, 5.41) is 10.4. The van der Waals surface area contributed by atoms with E-state index in [1.807, 2.05) is 25.1 Å². The minimum absolute atomic E-state index is 0.587. The van der Waals surface area contributed by atoms with E-state index in [-0.39, 0.29) is 0 Å². The van der Waals surface area contributed by atoms with Gasteiger partial charge in [-0.25, -0.2) is 0 Å². The van der Waals surface area contributed by atoms with Gasteiger partial charge in [0.1, 0.15) is 6.10 Å². The molecular weight excluding hydrogens is 254 g/mol. The third-order valence-corrected chi connectivity index (χ3v) is 3.34. The van der Waals surface area contributed by atoms with Gasteiger partial charge in [-0.05, 0) is 41.8 Å². The first kappa shape index (κ1) is 14.2. The molecule has 0 aromatic heterocycles. The lowest BCUT2D eigenvalue weighted by molar-refractivity contribution is 0.219. The molecule has 2 aromatic rings. The Morgan fingerprint density at radius 2 is 1.55 bits per heavy atom. The summed E-state index contributed by atoms with van der Waals surface area (Å²) in [7, 11) is 3.15. The monoisotopic (exact) mass is 273 g/mol. The van der Waals surface area contributed by atoms with Gasteiger partial charge in [-0.2, -0.15) is 0 Å². The van der Waals surface area contributed by atoms with E-state index in [1.54, 1.807) is 32.4 Å². The third-order valence-electron chi connectivity index (χ3n) is 3.34. The number of anilines is 1. The number of hydrogen-bond acceptors (Lipinski definition) is 4.